The average Bonchev–Trinajstić information content (AvgIpc) is 2.62. The Morgan fingerprint density at radius 3 is 2.41 bits per heavy atom. The third-order valence-corrected chi connectivity index (χ3v) is 4.14. The van der Waals surface area contributed by atoms with Gasteiger partial charge in [0.2, 0.25) is 0 Å². The summed E-state index contributed by atoms with van der Waals surface area (Å²) in [5, 5.41) is 0. The molecule has 0 aliphatic carbocycles. The van der Waals surface area contributed by atoms with Gasteiger partial charge in [-0.3, -0.25) is 4.98 Å². The highest BCUT2D eigenvalue weighted by molar-refractivity contribution is 5.61. The van der Waals surface area contributed by atoms with Crippen molar-refractivity contribution in [3.8, 4) is 11.3 Å². The van der Waals surface area contributed by atoms with Crippen LogP contribution in [0, 0.1) is 6.85 Å². The fourth-order valence-electron chi connectivity index (χ4n) is 2.68. The molecule has 2 aromatic carbocycles. The Morgan fingerprint density at radius 1 is 0.864 bits per heavy atom. The van der Waals surface area contributed by atoms with Crippen molar-refractivity contribution in [1.82, 2.24) is 4.98 Å². The molecule has 1 nitrogen and oxygen atoms in total. The molecule has 1 heteroatoms. The third-order valence-electron chi connectivity index (χ3n) is 4.14. The van der Waals surface area contributed by atoms with Crippen LogP contribution >= 0.6 is 0 Å². The summed E-state index contributed by atoms with van der Waals surface area (Å²) in [4.78, 5) is 4.37. The third kappa shape index (κ3) is 2.80. The van der Waals surface area contributed by atoms with Gasteiger partial charge in [0.15, 0.2) is 0 Å². The fraction of sp³-hybridized carbons (Fsp3) is 0.190. The lowest BCUT2D eigenvalue weighted by atomic mass is 9.77. The van der Waals surface area contributed by atoms with Crippen molar-refractivity contribution in [1.29, 1.82) is 0 Å². The molecule has 0 aliphatic rings. The first-order chi connectivity index (χ1) is 11.8. The second-order valence-electron chi connectivity index (χ2n) is 6.00. The second-order valence-corrected chi connectivity index (χ2v) is 6.00. The first-order valence-corrected chi connectivity index (χ1v) is 7.41. The summed E-state index contributed by atoms with van der Waals surface area (Å²) >= 11 is 0. The molecule has 0 unspecified atom stereocenters. The van der Waals surface area contributed by atoms with Crippen molar-refractivity contribution in [3.05, 3.63) is 89.6 Å². The van der Waals surface area contributed by atoms with Crippen LogP contribution in [-0.2, 0) is 5.41 Å². The highest BCUT2D eigenvalue weighted by atomic mass is 14.7. The molecule has 3 rings (SSSR count). The summed E-state index contributed by atoms with van der Waals surface area (Å²) in [6.07, 6.45) is 1.56. The Labute approximate surface area is 136 Å². The summed E-state index contributed by atoms with van der Waals surface area (Å²) in [7, 11) is 0. The highest BCUT2D eigenvalue weighted by Gasteiger charge is 2.23. The van der Waals surface area contributed by atoms with Crippen molar-refractivity contribution in [2.24, 2.45) is 0 Å². The number of benzene rings is 2. The van der Waals surface area contributed by atoms with Gasteiger partial charge in [0.05, 0.1) is 5.69 Å². The van der Waals surface area contributed by atoms with Crippen LogP contribution in [-0.4, -0.2) is 4.98 Å². The van der Waals surface area contributed by atoms with Crippen LogP contribution in [0.3, 0.4) is 0 Å². The molecular formula is C21H21N. The van der Waals surface area contributed by atoms with Crippen molar-refractivity contribution < 1.29 is 4.11 Å². The van der Waals surface area contributed by atoms with E-state index in [0.717, 1.165) is 11.1 Å². The van der Waals surface area contributed by atoms with Gasteiger partial charge in [-0.1, -0.05) is 62.4 Å². The normalized spacial score (nSPS) is 14.0. The van der Waals surface area contributed by atoms with Gasteiger partial charge in [-0.05, 0) is 41.7 Å². The Kier molecular flexibility index (Phi) is 2.93. The molecule has 1 aromatic heterocycles. The van der Waals surface area contributed by atoms with Gasteiger partial charge >= 0.3 is 0 Å². The molecule has 1 heterocycles. The Bertz CT molecular complexity index is 868. The van der Waals surface area contributed by atoms with Crippen molar-refractivity contribution in [2.45, 2.75) is 26.1 Å². The average molecular weight is 290 g/mol. The molecule has 0 N–H and O–H groups in total. The minimum absolute atomic E-state index is 0.154. The first kappa shape index (κ1) is 11.2. The quantitative estimate of drug-likeness (QED) is 0.631. The lowest BCUT2D eigenvalue weighted by Crippen LogP contribution is -2.18. The molecule has 0 atom stereocenters. The predicted molar refractivity (Wildman–Crippen MR) is 93.0 cm³/mol. The maximum absolute atomic E-state index is 7.59. The first-order valence-electron chi connectivity index (χ1n) is 8.91. The minimum atomic E-state index is -2.13. The molecule has 0 bridgehead atoms. The monoisotopic (exact) mass is 290 g/mol. The van der Waals surface area contributed by atoms with Crippen molar-refractivity contribution in [2.75, 3.05) is 0 Å². The number of pyridine rings is 1. The topological polar surface area (TPSA) is 12.9 Å². The molecule has 0 saturated carbocycles. The summed E-state index contributed by atoms with van der Waals surface area (Å²) in [5.41, 5.74) is 4.16. The maximum Gasteiger partial charge on any atom is 0.0704 e. The maximum atomic E-state index is 7.59. The molecule has 3 aromatic rings. The molecule has 0 radical (unpaired) electrons. The van der Waals surface area contributed by atoms with Gasteiger partial charge < -0.3 is 0 Å². The zero-order valence-electron chi connectivity index (χ0n) is 15.9. The Balaban J connectivity index is 2.03. The summed E-state index contributed by atoms with van der Waals surface area (Å²) in [5.74, 6) is 0. The number of hydrogen-bond acceptors (Lipinski definition) is 1. The second kappa shape index (κ2) is 5.76. The Morgan fingerprint density at radius 2 is 1.64 bits per heavy atom. The van der Waals surface area contributed by atoms with Gasteiger partial charge in [-0.25, -0.2) is 0 Å². The number of aryl methyl sites for hydroxylation is 1. The van der Waals surface area contributed by atoms with E-state index in [2.05, 4.69) is 43.1 Å². The van der Waals surface area contributed by atoms with Crippen LogP contribution < -0.4 is 0 Å². The SMILES string of the molecule is [2H]C([2H])([2H])c1ccnc(-c2cccc(C(C)(C)c3ccccc3)c2)c1. The van der Waals surface area contributed by atoms with E-state index in [1.165, 1.54) is 5.56 Å². The smallest absolute Gasteiger partial charge is 0.0704 e. The zero-order valence-corrected chi connectivity index (χ0v) is 12.9. The van der Waals surface area contributed by atoms with E-state index in [0.29, 0.717) is 11.3 Å². The van der Waals surface area contributed by atoms with E-state index >= 15 is 0 Å². The lowest BCUT2D eigenvalue weighted by molar-refractivity contribution is 0.641. The van der Waals surface area contributed by atoms with Gasteiger partial charge in [0.25, 0.3) is 0 Å². The Hall–Kier alpha value is -2.41. The van der Waals surface area contributed by atoms with Crippen LogP contribution in [0.15, 0.2) is 72.9 Å². The number of hydrogen-bond donors (Lipinski definition) is 0. The van der Waals surface area contributed by atoms with Crippen LogP contribution in [0.4, 0.5) is 0 Å². The minimum Gasteiger partial charge on any atom is -0.256 e. The van der Waals surface area contributed by atoms with Crippen LogP contribution in [0.1, 0.15) is 34.7 Å². The van der Waals surface area contributed by atoms with Crippen LogP contribution in [0.5, 0.6) is 0 Å². The van der Waals surface area contributed by atoms with Gasteiger partial charge in [0.1, 0.15) is 0 Å². The molecule has 0 amide bonds. The van der Waals surface area contributed by atoms with Gasteiger partial charge in [0, 0.05) is 21.3 Å². The fourth-order valence-corrected chi connectivity index (χ4v) is 2.68. The zero-order chi connectivity index (χ0) is 18.1. The van der Waals surface area contributed by atoms with Crippen LogP contribution in [0.2, 0.25) is 0 Å². The van der Waals surface area contributed by atoms with Gasteiger partial charge in [-0.2, -0.15) is 0 Å². The molecule has 22 heavy (non-hydrogen) atoms. The molecule has 0 fully saturated rings. The van der Waals surface area contributed by atoms with E-state index in [4.69, 9.17) is 4.11 Å². The van der Waals surface area contributed by atoms with E-state index in [-0.39, 0.29) is 5.41 Å². The number of aromatic nitrogens is 1. The summed E-state index contributed by atoms with van der Waals surface area (Å²) in [6, 6.07) is 21.7. The molecular weight excluding hydrogens is 266 g/mol. The summed E-state index contributed by atoms with van der Waals surface area (Å²) < 4.78 is 22.8. The molecule has 110 valence electrons. The molecule has 0 spiro atoms. The summed E-state index contributed by atoms with van der Waals surface area (Å²) in [6.45, 7) is 2.25. The largest absolute Gasteiger partial charge is 0.256 e. The standard InChI is InChI=1S/C21H21N/c1-16-12-13-22-20(14-16)17-8-7-11-19(15-17)21(2,3)18-9-5-4-6-10-18/h4-15H,1-3H3/i1D3. The van der Waals surface area contributed by atoms with Crippen LogP contribution in [0.25, 0.3) is 11.3 Å². The number of nitrogens with zero attached hydrogens (tertiary/aromatic N) is 1. The van der Waals surface area contributed by atoms with E-state index in [9.17, 15) is 0 Å². The molecule has 0 saturated heterocycles. The van der Waals surface area contributed by atoms with E-state index < -0.39 is 6.85 Å². The molecule has 0 aliphatic heterocycles. The van der Waals surface area contributed by atoms with Crippen molar-refractivity contribution >= 4 is 0 Å². The predicted octanol–water partition coefficient (Wildman–Crippen LogP) is 5.38. The van der Waals surface area contributed by atoms with Crippen molar-refractivity contribution in [3.63, 3.8) is 0 Å². The van der Waals surface area contributed by atoms with E-state index in [1.54, 1.807) is 18.3 Å². The number of rotatable bonds is 3. The van der Waals surface area contributed by atoms with Gasteiger partial charge in [-0.15, -0.1) is 0 Å². The highest BCUT2D eigenvalue weighted by Crippen LogP contribution is 2.33. The van der Waals surface area contributed by atoms with E-state index in [1.807, 2.05) is 30.3 Å². The lowest BCUT2D eigenvalue weighted by Gasteiger charge is -2.26.